The number of nitro groups is 1. The van der Waals surface area contributed by atoms with E-state index < -0.39 is 36.7 Å². The fraction of sp³-hybridized carbons (Fsp3) is 0.250. The molecular weight excluding hydrogens is 315 g/mol. The Morgan fingerprint density at radius 1 is 1.37 bits per heavy atom. The van der Waals surface area contributed by atoms with Gasteiger partial charge in [-0.05, 0) is 12.5 Å². The predicted octanol–water partition coefficient (Wildman–Crippen LogP) is 2.73. The maximum absolute atomic E-state index is 12.2. The molecule has 1 rings (SSSR count). The largest absolute Gasteiger partial charge is 0.573 e. The van der Waals surface area contributed by atoms with Gasteiger partial charge < -0.3 is 4.74 Å². The molecule has 0 saturated heterocycles. The van der Waals surface area contributed by atoms with E-state index in [0.29, 0.717) is 6.07 Å². The first kappa shape index (κ1) is 15.5. The molecule has 0 N–H and O–H groups in total. The summed E-state index contributed by atoms with van der Waals surface area (Å²) in [7, 11) is 0.302. The third kappa shape index (κ3) is 3.96. The average molecular weight is 320 g/mol. The Kier molecular flexibility index (Phi) is 3.96. The monoisotopic (exact) mass is 319 g/mol. The fourth-order valence-corrected chi connectivity index (χ4v) is 2.29. The Hall–Kier alpha value is -1.55. The quantitative estimate of drug-likeness (QED) is 0.485. The van der Waals surface area contributed by atoms with Gasteiger partial charge in [0.15, 0.2) is 5.75 Å². The molecule has 1 aromatic carbocycles. The van der Waals surface area contributed by atoms with E-state index in [1.165, 1.54) is 0 Å². The Balaban J connectivity index is 3.58. The van der Waals surface area contributed by atoms with Gasteiger partial charge in [0.05, 0.1) is 4.92 Å². The van der Waals surface area contributed by atoms with E-state index in [1.807, 2.05) is 0 Å². The van der Waals surface area contributed by atoms with Crippen molar-refractivity contribution in [1.82, 2.24) is 0 Å². The SMILES string of the molecule is Cc1cc([N+](=O)[O-])cc(S(=O)(=O)Cl)c1OC(F)(F)F. The van der Waals surface area contributed by atoms with Gasteiger partial charge in [0.1, 0.15) is 4.90 Å². The molecule has 0 atom stereocenters. The minimum Gasteiger partial charge on any atom is -0.404 e. The fourth-order valence-electron chi connectivity index (χ4n) is 1.26. The van der Waals surface area contributed by atoms with Crippen molar-refractivity contribution in [3.63, 3.8) is 0 Å². The minimum atomic E-state index is -5.16. The van der Waals surface area contributed by atoms with Crippen molar-refractivity contribution in [1.29, 1.82) is 0 Å². The minimum absolute atomic E-state index is 0.384. The molecule has 0 unspecified atom stereocenters. The van der Waals surface area contributed by atoms with Crippen LogP contribution in [-0.4, -0.2) is 19.7 Å². The van der Waals surface area contributed by atoms with Crippen LogP contribution >= 0.6 is 10.7 Å². The second-order valence-corrected chi connectivity index (χ2v) is 5.87. The number of non-ortho nitro benzene ring substituents is 1. The first-order valence-corrected chi connectivity index (χ1v) is 6.72. The van der Waals surface area contributed by atoms with Gasteiger partial charge in [-0.3, -0.25) is 10.1 Å². The van der Waals surface area contributed by atoms with Gasteiger partial charge in [-0.1, -0.05) is 0 Å². The molecule has 106 valence electrons. The van der Waals surface area contributed by atoms with Gasteiger partial charge in [0, 0.05) is 22.8 Å². The Labute approximate surface area is 109 Å². The number of nitrogens with zero attached hydrogens (tertiary/aromatic N) is 1. The Morgan fingerprint density at radius 3 is 2.26 bits per heavy atom. The lowest BCUT2D eigenvalue weighted by molar-refractivity contribution is -0.385. The van der Waals surface area contributed by atoms with Gasteiger partial charge in [-0.2, -0.15) is 0 Å². The molecule has 0 heterocycles. The summed E-state index contributed by atoms with van der Waals surface area (Å²) in [4.78, 5) is 8.46. The maximum Gasteiger partial charge on any atom is 0.573 e. The molecule has 11 heteroatoms. The van der Waals surface area contributed by atoms with E-state index in [-0.39, 0.29) is 5.56 Å². The molecule has 0 radical (unpaired) electrons. The zero-order valence-corrected chi connectivity index (χ0v) is 10.6. The van der Waals surface area contributed by atoms with Gasteiger partial charge >= 0.3 is 6.36 Å². The van der Waals surface area contributed by atoms with Crippen LogP contribution in [0.5, 0.6) is 5.75 Å². The van der Waals surface area contributed by atoms with Crippen LogP contribution in [0.3, 0.4) is 0 Å². The summed E-state index contributed by atoms with van der Waals surface area (Å²) in [6.07, 6.45) is -5.16. The number of halogens is 4. The highest BCUT2D eigenvalue weighted by molar-refractivity contribution is 8.13. The maximum atomic E-state index is 12.2. The number of ether oxygens (including phenoxy) is 1. The zero-order chi connectivity index (χ0) is 15.0. The molecule has 0 aliphatic carbocycles. The molecule has 0 aliphatic rings. The summed E-state index contributed by atoms with van der Waals surface area (Å²) >= 11 is 0. The summed E-state index contributed by atoms with van der Waals surface area (Å²) in [6.45, 7) is 1.03. The number of rotatable bonds is 3. The van der Waals surface area contributed by atoms with Crippen LogP contribution in [0.15, 0.2) is 17.0 Å². The first-order valence-electron chi connectivity index (χ1n) is 4.41. The van der Waals surface area contributed by atoms with Crippen molar-refractivity contribution in [3.05, 3.63) is 27.8 Å². The zero-order valence-electron chi connectivity index (χ0n) is 9.06. The molecule has 1 aromatic rings. The first-order chi connectivity index (χ1) is 8.42. The van der Waals surface area contributed by atoms with E-state index in [0.717, 1.165) is 13.0 Å². The smallest absolute Gasteiger partial charge is 0.404 e. The molecule has 0 fully saturated rings. The number of nitro benzene ring substituents is 1. The summed E-state index contributed by atoms with van der Waals surface area (Å²) in [5, 5.41) is 10.5. The normalized spacial score (nSPS) is 12.3. The third-order valence-corrected chi connectivity index (χ3v) is 3.24. The van der Waals surface area contributed by atoms with E-state index in [1.54, 1.807) is 0 Å². The average Bonchev–Trinajstić information content (AvgIpc) is 2.16. The van der Waals surface area contributed by atoms with Gasteiger partial charge in [0.25, 0.3) is 14.7 Å². The van der Waals surface area contributed by atoms with Crippen LogP contribution in [0, 0.1) is 17.0 Å². The van der Waals surface area contributed by atoms with Crippen LogP contribution in [0.25, 0.3) is 0 Å². The molecule has 6 nitrogen and oxygen atoms in total. The predicted molar refractivity (Wildman–Crippen MR) is 57.6 cm³/mol. The van der Waals surface area contributed by atoms with Crippen molar-refractivity contribution in [2.75, 3.05) is 0 Å². The van der Waals surface area contributed by atoms with Crippen molar-refractivity contribution in [2.45, 2.75) is 18.2 Å². The summed E-state index contributed by atoms with van der Waals surface area (Å²) < 4.78 is 62.3. The highest BCUT2D eigenvalue weighted by Crippen LogP contribution is 2.37. The summed E-state index contributed by atoms with van der Waals surface area (Å²) in [5.41, 5.74) is -1.10. The van der Waals surface area contributed by atoms with Gasteiger partial charge in [0.2, 0.25) is 0 Å². The van der Waals surface area contributed by atoms with Gasteiger partial charge in [-0.15, -0.1) is 13.2 Å². The van der Waals surface area contributed by atoms with Crippen LogP contribution in [0.2, 0.25) is 0 Å². The van der Waals surface area contributed by atoms with Crippen LogP contribution in [0.1, 0.15) is 5.56 Å². The van der Waals surface area contributed by atoms with E-state index in [9.17, 15) is 31.7 Å². The lowest BCUT2D eigenvalue weighted by Gasteiger charge is -2.13. The molecule has 0 spiro atoms. The molecule has 19 heavy (non-hydrogen) atoms. The number of hydrogen-bond acceptors (Lipinski definition) is 5. The number of benzene rings is 1. The third-order valence-electron chi connectivity index (χ3n) is 1.92. The second kappa shape index (κ2) is 4.85. The number of hydrogen-bond donors (Lipinski definition) is 0. The number of alkyl halides is 3. The highest BCUT2D eigenvalue weighted by atomic mass is 35.7. The van der Waals surface area contributed by atoms with Crippen LogP contribution in [0.4, 0.5) is 18.9 Å². The highest BCUT2D eigenvalue weighted by Gasteiger charge is 2.35. The van der Waals surface area contributed by atoms with Crippen molar-refractivity contribution >= 4 is 25.4 Å². The molecule has 0 amide bonds. The molecule has 0 aromatic heterocycles. The van der Waals surface area contributed by atoms with Crippen molar-refractivity contribution in [2.24, 2.45) is 0 Å². The summed E-state index contributed by atoms with van der Waals surface area (Å²) in [6, 6.07) is 1.14. The molecular formula is C8H5ClF3NO5S. The molecule has 0 aliphatic heterocycles. The molecule has 0 saturated carbocycles. The Morgan fingerprint density at radius 2 is 1.89 bits per heavy atom. The van der Waals surface area contributed by atoms with E-state index >= 15 is 0 Å². The second-order valence-electron chi connectivity index (χ2n) is 3.33. The lowest BCUT2D eigenvalue weighted by Crippen LogP contribution is -2.19. The van der Waals surface area contributed by atoms with Gasteiger partial charge in [-0.25, -0.2) is 8.42 Å². The summed E-state index contributed by atoms with van der Waals surface area (Å²) in [5.74, 6) is -1.09. The topological polar surface area (TPSA) is 86.5 Å². The molecule has 0 bridgehead atoms. The van der Waals surface area contributed by atoms with Crippen molar-refractivity contribution < 1.29 is 31.2 Å². The lowest BCUT2D eigenvalue weighted by atomic mass is 10.2. The number of aryl methyl sites for hydroxylation is 1. The van der Waals surface area contributed by atoms with E-state index in [2.05, 4.69) is 4.74 Å². The van der Waals surface area contributed by atoms with Crippen LogP contribution in [-0.2, 0) is 9.05 Å². The van der Waals surface area contributed by atoms with Crippen molar-refractivity contribution in [3.8, 4) is 5.75 Å². The van der Waals surface area contributed by atoms with E-state index in [4.69, 9.17) is 10.7 Å². The standard InChI is InChI=1S/C8H5ClF3NO5S/c1-4-2-5(13(14)15)3-6(19(9,16)17)7(4)18-8(10,11)12/h2-3H,1H3. The Bertz CT molecular complexity index is 628. The van der Waals surface area contributed by atoms with Crippen LogP contribution < -0.4 is 4.74 Å².